The molecule has 1 fully saturated rings. The smallest absolute Gasteiger partial charge is 0.0284 e. The van der Waals surface area contributed by atoms with Crippen LogP contribution in [-0.2, 0) is 0 Å². The molecule has 9 heavy (non-hydrogen) atoms. The first-order valence-electron chi connectivity index (χ1n) is 3.64. The molecule has 0 aromatic rings. The summed E-state index contributed by atoms with van der Waals surface area (Å²) in [6.07, 6.45) is 2.44. The molecule has 0 heterocycles. The molecule has 2 N–H and O–H groups in total. The zero-order chi connectivity index (χ0) is 6.91. The summed E-state index contributed by atoms with van der Waals surface area (Å²) in [5.41, 5.74) is 6.08. The quantitative estimate of drug-likeness (QED) is 0.597. The summed E-state index contributed by atoms with van der Waals surface area (Å²) in [6.45, 7) is 4.34. The molecule has 0 aromatic carbocycles. The van der Waals surface area contributed by atoms with Gasteiger partial charge in [0.2, 0.25) is 0 Å². The molecule has 0 saturated heterocycles. The van der Waals surface area contributed by atoms with E-state index in [1.54, 1.807) is 0 Å². The first-order chi connectivity index (χ1) is 4.16. The lowest BCUT2D eigenvalue weighted by Crippen LogP contribution is -2.36. The molecule has 0 atom stereocenters. The van der Waals surface area contributed by atoms with E-state index < -0.39 is 0 Å². The Balaban J connectivity index is 2.17. The number of likely N-dealkylation sites (N-methyl/N-ethyl adjacent to an activating group) is 1. The van der Waals surface area contributed by atoms with E-state index in [1.807, 2.05) is 0 Å². The van der Waals surface area contributed by atoms with Gasteiger partial charge in [0.25, 0.3) is 0 Å². The second-order valence-corrected chi connectivity index (χ2v) is 3.19. The number of nitrogens with two attached hydrogens (primary N) is 1. The van der Waals surface area contributed by atoms with E-state index in [0.717, 1.165) is 13.1 Å². The van der Waals surface area contributed by atoms with Crippen molar-refractivity contribution in [3.05, 3.63) is 0 Å². The molecule has 2 heteroatoms. The Kier molecular flexibility index (Phi) is 1.78. The molecule has 54 valence electrons. The lowest BCUT2D eigenvalue weighted by Gasteiger charge is -2.17. The zero-order valence-electron chi connectivity index (χ0n) is 6.35. The molecular formula is C7H16N2. The summed E-state index contributed by atoms with van der Waals surface area (Å²) in [4.78, 5) is 2.27. The summed E-state index contributed by atoms with van der Waals surface area (Å²) in [6, 6.07) is 0. The molecule has 2 nitrogen and oxygen atoms in total. The van der Waals surface area contributed by atoms with Crippen LogP contribution in [0.25, 0.3) is 0 Å². The molecule has 0 aliphatic heterocycles. The summed E-state index contributed by atoms with van der Waals surface area (Å²) >= 11 is 0. The Bertz CT molecular complexity index is 97.1. The van der Waals surface area contributed by atoms with E-state index in [1.165, 1.54) is 12.8 Å². The number of hydrogen-bond acceptors (Lipinski definition) is 2. The Morgan fingerprint density at radius 1 is 1.56 bits per heavy atom. The highest BCUT2D eigenvalue weighted by Crippen LogP contribution is 2.32. The standard InChI is InChI=1S/C7H16N2/c1-3-9(2)6-7(8)4-5-7/h3-6,8H2,1-2H3. The highest BCUT2D eigenvalue weighted by Gasteiger charge is 2.38. The summed E-state index contributed by atoms with van der Waals surface area (Å²) in [5.74, 6) is 0. The molecule has 0 amide bonds. The maximum Gasteiger partial charge on any atom is 0.0284 e. The van der Waals surface area contributed by atoms with Crippen molar-refractivity contribution in [1.82, 2.24) is 4.90 Å². The normalized spacial score (nSPS) is 22.7. The molecule has 1 aliphatic carbocycles. The largest absolute Gasteiger partial charge is 0.324 e. The molecule has 1 rings (SSSR count). The van der Waals surface area contributed by atoms with Crippen molar-refractivity contribution in [3.8, 4) is 0 Å². The summed E-state index contributed by atoms with van der Waals surface area (Å²) < 4.78 is 0. The molecule has 1 aliphatic rings. The van der Waals surface area contributed by atoms with E-state index in [-0.39, 0.29) is 5.54 Å². The Labute approximate surface area is 57.0 Å². The van der Waals surface area contributed by atoms with Gasteiger partial charge in [0.05, 0.1) is 0 Å². The fraction of sp³-hybridized carbons (Fsp3) is 1.00. The van der Waals surface area contributed by atoms with Crippen molar-refractivity contribution in [2.24, 2.45) is 5.73 Å². The summed E-state index contributed by atoms with van der Waals surface area (Å²) in [7, 11) is 2.12. The molecule has 1 saturated carbocycles. The van der Waals surface area contributed by atoms with Gasteiger partial charge in [-0.2, -0.15) is 0 Å². The zero-order valence-corrected chi connectivity index (χ0v) is 6.35. The highest BCUT2D eigenvalue weighted by molar-refractivity contribution is 5.00. The van der Waals surface area contributed by atoms with Crippen LogP contribution in [0.15, 0.2) is 0 Å². The lowest BCUT2D eigenvalue weighted by atomic mass is 10.3. The van der Waals surface area contributed by atoms with Gasteiger partial charge in [-0.15, -0.1) is 0 Å². The predicted octanol–water partition coefficient (Wildman–Crippen LogP) is 0.429. The third-order valence-corrected chi connectivity index (χ3v) is 2.02. The fourth-order valence-electron chi connectivity index (χ4n) is 0.968. The number of nitrogens with zero attached hydrogens (tertiary/aromatic N) is 1. The summed E-state index contributed by atoms with van der Waals surface area (Å²) in [5, 5.41) is 0. The molecule has 0 unspecified atom stereocenters. The van der Waals surface area contributed by atoms with Crippen LogP contribution in [0.5, 0.6) is 0 Å². The highest BCUT2D eigenvalue weighted by atomic mass is 15.1. The van der Waals surface area contributed by atoms with Gasteiger partial charge in [0.1, 0.15) is 0 Å². The van der Waals surface area contributed by atoms with Crippen molar-refractivity contribution < 1.29 is 0 Å². The maximum absolute atomic E-state index is 5.88. The van der Waals surface area contributed by atoms with Crippen LogP contribution in [0.4, 0.5) is 0 Å². The van der Waals surface area contributed by atoms with Crippen LogP contribution in [-0.4, -0.2) is 30.6 Å². The molecule has 0 bridgehead atoms. The Morgan fingerprint density at radius 2 is 2.11 bits per heavy atom. The van der Waals surface area contributed by atoms with Gasteiger partial charge >= 0.3 is 0 Å². The van der Waals surface area contributed by atoms with Crippen LogP contribution in [0, 0.1) is 0 Å². The second kappa shape index (κ2) is 2.27. The van der Waals surface area contributed by atoms with Gasteiger partial charge in [-0.25, -0.2) is 0 Å². The molecule has 0 radical (unpaired) electrons. The number of hydrogen-bond donors (Lipinski definition) is 1. The van der Waals surface area contributed by atoms with Crippen LogP contribution >= 0.6 is 0 Å². The Morgan fingerprint density at radius 3 is 2.44 bits per heavy atom. The van der Waals surface area contributed by atoms with Crippen LogP contribution in [0.1, 0.15) is 19.8 Å². The molecular weight excluding hydrogens is 112 g/mol. The predicted molar refractivity (Wildman–Crippen MR) is 39.3 cm³/mol. The SMILES string of the molecule is CCN(C)CC1(N)CC1. The van der Waals surface area contributed by atoms with Crippen molar-refractivity contribution in [2.45, 2.75) is 25.3 Å². The van der Waals surface area contributed by atoms with Gasteiger partial charge in [0.15, 0.2) is 0 Å². The average Bonchev–Trinajstić information content (AvgIpc) is 2.48. The molecule has 0 aromatic heterocycles. The monoisotopic (exact) mass is 128 g/mol. The Hall–Kier alpha value is -0.0800. The second-order valence-electron chi connectivity index (χ2n) is 3.19. The maximum atomic E-state index is 5.88. The van der Waals surface area contributed by atoms with Gasteiger partial charge in [-0.1, -0.05) is 6.92 Å². The lowest BCUT2D eigenvalue weighted by molar-refractivity contribution is 0.318. The third kappa shape index (κ3) is 1.95. The van der Waals surface area contributed by atoms with Crippen molar-refractivity contribution in [1.29, 1.82) is 0 Å². The fourth-order valence-corrected chi connectivity index (χ4v) is 0.968. The first kappa shape index (κ1) is 7.03. The first-order valence-corrected chi connectivity index (χ1v) is 3.64. The van der Waals surface area contributed by atoms with Crippen molar-refractivity contribution in [3.63, 3.8) is 0 Å². The van der Waals surface area contributed by atoms with E-state index in [0.29, 0.717) is 0 Å². The van der Waals surface area contributed by atoms with Gasteiger partial charge in [0, 0.05) is 12.1 Å². The van der Waals surface area contributed by atoms with E-state index in [2.05, 4.69) is 18.9 Å². The van der Waals surface area contributed by atoms with E-state index >= 15 is 0 Å². The minimum absolute atomic E-state index is 0.199. The molecule has 0 spiro atoms. The van der Waals surface area contributed by atoms with Gasteiger partial charge < -0.3 is 10.6 Å². The van der Waals surface area contributed by atoms with E-state index in [4.69, 9.17) is 5.73 Å². The van der Waals surface area contributed by atoms with Gasteiger partial charge in [-0.3, -0.25) is 0 Å². The van der Waals surface area contributed by atoms with E-state index in [9.17, 15) is 0 Å². The van der Waals surface area contributed by atoms with Crippen LogP contribution < -0.4 is 5.73 Å². The average molecular weight is 128 g/mol. The minimum Gasteiger partial charge on any atom is -0.324 e. The van der Waals surface area contributed by atoms with Crippen molar-refractivity contribution in [2.75, 3.05) is 20.1 Å². The van der Waals surface area contributed by atoms with Crippen LogP contribution in [0.3, 0.4) is 0 Å². The third-order valence-electron chi connectivity index (χ3n) is 2.02. The van der Waals surface area contributed by atoms with Gasteiger partial charge in [-0.05, 0) is 26.4 Å². The minimum atomic E-state index is 0.199. The number of rotatable bonds is 3. The van der Waals surface area contributed by atoms with Crippen LogP contribution in [0.2, 0.25) is 0 Å². The van der Waals surface area contributed by atoms with Crippen molar-refractivity contribution >= 4 is 0 Å². The topological polar surface area (TPSA) is 29.3 Å².